The first-order valence-electron chi connectivity index (χ1n) is 6.62. The Labute approximate surface area is 120 Å². The minimum Gasteiger partial charge on any atom is -0.398 e. The van der Waals surface area contributed by atoms with E-state index in [0.717, 1.165) is 11.3 Å². The number of nitrogen functional groups attached to an aromatic ring is 1. The summed E-state index contributed by atoms with van der Waals surface area (Å²) in [5, 5.41) is 11.7. The molecule has 0 aliphatic heterocycles. The number of carbonyl (C=O) groups is 1. The molecule has 0 saturated heterocycles. The SMILES string of the molecule is Cc1c(N)cccc1NC(=O)C(C)N(C)CC(C)C#N. The van der Waals surface area contributed by atoms with Gasteiger partial charge in [0.1, 0.15) is 0 Å². The lowest BCUT2D eigenvalue weighted by molar-refractivity contribution is -0.120. The first-order chi connectivity index (χ1) is 9.36. The molecule has 2 atom stereocenters. The number of amides is 1. The van der Waals surface area contributed by atoms with Crippen molar-refractivity contribution in [1.82, 2.24) is 4.90 Å². The van der Waals surface area contributed by atoms with Crippen LogP contribution in [0.2, 0.25) is 0 Å². The van der Waals surface area contributed by atoms with Gasteiger partial charge in [-0.3, -0.25) is 9.69 Å². The molecule has 0 aliphatic carbocycles. The highest BCUT2D eigenvalue weighted by atomic mass is 16.2. The Bertz CT molecular complexity index is 521. The summed E-state index contributed by atoms with van der Waals surface area (Å²) in [6, 6.07) is 7.29. The van der Waals surface area contributed by atoms with Gasteiger partial charge in [-0.15, -0.1) is 0 Å². The minimum atomic E-state index is -0.313. The number of nitrogens with two attached hydrogens (primary N) is 1. The van der Waals surface area contributed by atoms with Crippen LogP contribution in [0.3, 0.4) is 0 Å². The molecule has 5 heteroatoms. The molecule has 3 N–H and O–H groups in total. The largest absolute Gasteiger partial charge is 0.398 e. The smallest absolute Gasteiger partial charge is 0.241 e. The van der Waals surface area contributed by atoms with E-state index in [0.29, 0.717) is 12.2 Å². The number of benzene rings is 1. The predicted molar refractivity (Wildman–Crippen MR) is 81.1 cm³/mol. The average Bonchev–Trinajstić information content (AvgIpc) is 2.42. The molecule has 0 radical (unpaired) electrons. The van der Waals surface area contributed by atoms with Gasteiger partial charge in [0.05, 0.1) is 18.0 Å². The van der Waals surface area contributed by atoms with Crippen LogP contribution in [-0.2, 0) is 4.79 Å². The minimum absolute atomic E-state index is 0.105. The Hall–Kier alpha value is -2.06. The molecule has 20 heavy (non-hydrogen) atoms. The Balaban J connectivity index is 2.71. The van der Waals surface area contributed by atoms with E-state index in [1.165, 1.54) is 0 Å². The third-order valence-electron chi connectivity index (χ3n) is 3.46. The molecule has 1 rings (SSSR count). The summed E-state index contributed by atoms with van der Waals surface area (Å²) in [6.07, 6.45) is 0. The molecule has 1 amide bonds. The van der Waals surface area contributed by atoms with Gasteiger partial charge in [-0.1, -0.05) is 6.07 Å². The number of nitrogens with one attached hydrogen (secondary N) is 1. The first kappa shape index (κ1) is 16.0. The average molecular weight is 274 g/mol. The number of carbonyl (C=O) groups excluding carboxylic acids is 1. The fourth-order valence-corrected chi connectivity index (χ4v) is 1.86. The van der Waals surface area contributed by atoms with Crippen molar-refractivity contribution in [2.24, 2.45) is 5.92 Å². The monoisotopic (exact) mass is 274 g/mol. The zero-order valence-corrected chi connectivity index (χ0v) is 12.5. The molecule has 1 aromatic carbocycles. The molecule has 0 aromatic heterocycles. The van der Waals surface area contributed by atoms with E-state index in [-0.39, 0.29) is 17.9 Å². The number of nitrogens with zero attached hydrogens (tertiary/aromatic N) is 2. The van der Waals surface area contributed by atoms with Gasteiger partial charge in [-0.2, -0.15) is 5.26 Å². The Kier molecular flexibility index (Phi) is 5.53. The van der Waals surface area contributed by atoms with E-state index in [1.807, 2.05) is 44.9 Å². The van der Waals surface area contributed by atoms with Crippen molar-refractivity contribution in [3.8, 4) is 6.07 Å². The first-order valence-corrected chi connectivity index (χ1v) is 6.62. The molecule has 0 saturated carbocycles. The van der Waals surface area contributed by atoms with Crippen molar-refractivity contribution >= 4 is 17.3 Å². The van der Waals surface area contributed by atoms with E-state index in [9.17, 15) is 4.79 Å². The third-order valence-corrected chi connectivity index (χ3v) is 3.46. The molecule has 0 fully saturated rings. The summed E-state index contributed by atoms with van der Waals surface area (Å²) < 4.78 is 0. The van der Waals surface area contributed by atoms with Gasteiger partial charge >= 0.3 is 0 Å². The maximum atomic E-state index is 12.2. The molecule has 0 bridgehead atoms. The third kappa shape index (κ3) is 3.97. The number of hydrogen-bond donors (Lipinski definition) is 2. The number of likely N-dealkylation sites (N-methyl/N-ethyl adjacent to an activating group) is 1. The molecule has 108 valence electrons. The van der Waals surface area contributed by atoms with Crippen molar-refractivity contribution in [3.63, 3.8) is 0 Å². The van der Waals surface area contributed by atoms with Crippen LogP contribution >= 0.6 is 0 Å². The maximum Gasteiger partial charge on any atom is 0.241 e. The second kappa shape index (κ2) is 6.92. The van der Waals surface area contributed by atoms with Gasteiger partial charge in [0.25, 0.3) is 0 Å². The zero-order valence-electron chi connectivity index (χ0n) is 12.5. The number of anilines is 2. The molecule has 0 spiro atoms. The van der Waals surface area contributed by atoms with Crippen LogP contribution in [0.25, 0.3) is 0 Å². The zero-order chi connectivity index (χ0) is 15.3. The van der Waals surface area contributed by atoms with E-state index in [1.54, 1.807) is 6.07 Å². The van der Waals surface area contributed by atoms with Crippen LogP contribution in [-0.4, -0.2) is 30.4 Å². The highest BCUT2D eigenvalue weighted by Gasteiger charge is 2.20. The van der Waals surface area contributed by atoms with Crippen molar-refractivity contribution in [3.05, 3.63) is 23.8 Å². The number of hydrogen-bond acceptors (Lipinski definition) is 4. The topological polar surface area (TPSA) is 82.2 Å². The van der Waals surface area contributed by atoms with E-state index < -0.39 is 0 Å². The summed E-state index contributed by atoms with van der Waals surface area (Å²) in [6.45, 7) is 6.09. The van der Waals surface area contributed by atoms with Crippen molar-refractivity contribution in [1.29, 1.82) is 5.26 Å². The van der Waals surface area contributed by atoms with E-state index >= 15 is 0 Å². The highest BCUT2D eigenvalue weighted by Crippen LogP contribution is 2.20. The molecular formula is C15H22N4O. The van der Waals surface area contributed by atoms with Crippen molar-refractivity contribution in [2.45, 2.75) is 26.8 Å². The Morgan fingerprint density at radius 3 is 2.75 bits per heavy atom. The standard InChI is InChI=1S/C15H22N4O/c1-10(8-16)9-19(4)12(3)15(20)18-14-7-5-6-13(17)11(14)2/h5-7,10,12H,9,17H2,1-4H3,(H,18,20). The number of rotatable bonds is 5. The lowest BCUT2D eigenvalue weighted by Crippen LogP contribution is -2.41. The van der Waals surface area contributed by atoms with Gasteiger partial charge in [0.2, 0.25) is 5.91 Å². The Morgan fingerprint density at radius 2 is 2.15 bits per heavy atom. The predicted octanol–water partition coefficient (Wildman–Crippen LogP) is 2.00. The normalized spacial score (nSPS) is 13.6. The van der Waals surface area contributed by atoms with Gasteiger partial charge in [-0.25, -0.2) is 0 Å². The summed E-state index contributed by atoms with van der Waals surface area (Å²) in [4.78, 5) is 14.1. The van der Waals surface area contributed by atoms with Crippen LogP contribution in [0.4, 0.5) is 11.4 Å². The quantitative estimate of drug-likeness (QED) is 0.804. The number of nitriles is 1. The van der Waals surface area contributed by atoms with Gasteiger partial charge in [0.15, 0.2) is 0 Å². The van der Waals surface area contributed by atoms with Crippen molar-refractivity contribution in [2.75, 3.05) is 24.6 Å². The van der Waals surface area contributed by atoms with Crippen LogP contribution in [0.5, 0.6) is 0 Å². The van der Waals surface area contributed by atoms with Crippen molar-refractivity contribution < 1.29 is 4.79 Å². The molecule has 5 nitrogen and oxygen atoms in total. The summed E-state index contributed by atoms with van der Waals surface area (Å²) >= 11 is 0. The fraction of sp³-hybridized carbons (Fsp3) is 0.467. The molecule has 2 unspecified atom stereocenters. The molecule has 0 heterocycles. The second-order valence-corrected chi connectivity index (χ2v) is 5.15. The molecular weight excluding hydrogens is 252 g/mol. The van der Waals surface area contributed by atoms with Crippen LogP contribution in [0.15, 0.2) is 18.2 Å². The second-order valence-electron chi connectivity index (χ2n) is 5.15. The summed E-state index contributed by atoms with van der Waals surface area (Å²) in [5.41, 5.74) is 8.06. The maximum absolute atomic E-state index is 12.2. The van der Waals surface area contributed by atoms with Gasteiger partial charge in [0, 0.05) is 17.9 Å². The van der Waals surface area contributed by atoms with Gasteiger partial charge in [-0.05, 0) is 45.5 Å². The summed E-state index contributed by atoms with van der Waals surface area (Å²) in [7, 11) is 1.84. The van der Waals surface area contributed by atoms with Crippen LogP contribution < -0.4 is 11.1 Å². The van der Waals surface area contributed by atoms with E-state index in [2.05, 4.69) is 11.4 Å². The Morgan fingerprint density at radius 1 is 1.50 bits per heavy atom. The fourth-order valence-electron chi connectivity index (χ4n) is 1.86. The van der Waals surface area contributed by atoms with Crippen LogP contribution in [0, 0.1) is 24.2 Å². The van der Waals surface area contributed by atoms with Gasteiger partial charge < -0.3 is 11.1 Å². The molecule has 0 aliphatic rings. The van der Waals surface area contributed by atoms with E-state index in [4.69, 9.17) is 11.0 Å². The lowest BCUT2D eigenvalue weighted by atomic mass is 10.1. The van der Waals surface area contributed by atoms with Crippen LogP contribution in [0.1, 0.15) is 19.4 Å². The lowest BCUT2D eigenvalue weighted by Gasteiger charge is -2.25. The highest BCUT2D eigenvalue weighted by molar-refractivity contribution is 5.95. The summed E-state index contributed by atoms with van der Waals surface area (Å²) in [5.74, 6) is -0.212. The molecule has 1 aromatic rings.